The number of para-hydroxylation sites is 1. The molecule has 5 nitrogen and oxygen atoms in total. The predicted octanol–water partition coefficient (Wildman–Crippen LogP) is 1.24. The Morgan fingerprint density at radius 2 is 2.08 bits per heavy atom. The molecule has 0 bridgehead atoms. The normalized spacial score (nSPS) is 11.5. The number of rotatable bonds is 2. The van der Waals surface area contributed by atoms with Crippen LogP contribution in [0.4, 0.5) is 0 Å². The standard InChI is InChI=1S/C7H8N2O3/c10-7-4-2-1-3-6(7)5-9(12)8-11/h1-4,10-11H,5H2/b9-8-. The zero-order valence-corrected chi connectivity index (χ0v) is 6.21. The quantitative estimate of drug-likeness (QED) is 0.396. The molecule has 0 heterocycles. The number of benzene rings is 1. The Kier molecular flexibility index (Phi) is 2.47. The van der Waals surface area contributed by atoms with Crippen LogP contribution in [0.5, 0.6) is 5.75 Å². The van der Waals surface area contributed by atoms with Gasteiger partial charge in [-0.1, -0.05) is 17.0 Å². The molecule has 0 saturated heterocycles. The van der Waals surface area contributed by atoms with Gasteiger partial charge in [0, 0.05) is 0 Å². The molecule has 12 heavy (non-hydrogen) atoms. The molecule has 0 unspecified atom stereocenters. The molecule has 0 atom stereocenters. The first-order valence-electron chi connectivity index (χ1n) is 3.30. The van der Waals surface area contributed by atoms with Crippen molar-refractivity contribution in [3.05, 3.63) is 35.0 Å². The Hall–Kier alpha value is -1.78. The minimum Gasteiger partial charge on any atom is -0.597 e. The fourth-order valence-electron chi connectivity index (χ4n) is 0.822. The highest BCUT2D eigenvalue weighted by molar-refractivity contribution is 5.30. The maximum absolute atomic E-state index is 10.5. The summed E-state index contributed by atoms with van der Waals surface area (Å²) in [6.45, 7) is -0.164. The molecule has 0 aliphatic rings. The smallest absolute Gasteiger partial charge is 0.212 e. The number of hydroxylamine groups is 1. The van der Waals surface area contributed by atoms with E-state index in [1.165, 1.54) is 6.07 Å². The van der Waals surface area contributed by atoms with E-state index in [1.807, 2.05) is 0 Å². The van der Waals surface area contributed by atoms with Gasteiger partial charge >= 0.3 is 0 Å². The van der Waals surface area contributed by atoms with Crippen LogP contribution < -0.4 is 0 Å². The maximum Gasteiger partial charge on any atom is 0.212 e. The van der Waals surface area contributed by atoms with E-state index < -0.39 is 0 Å². The number of hydrogen-bond acceptors (Lipinski definition) is 3. The lowest BCUT2D eigenvalue weighted by Gasteiger charge is -2.00. The molecule has 2 N–H and O–H groups in total. The molecule has 0 spiro atoms. The van der Waals surface area contributed by atoms with Gasteiger partial charge in [0.15, 0.2) is 5.28 Å². The second-order valence-corrected chi connectivity index (χ2v) is 2.23. The van der Waals surface area contributed by atoms with E-state index in [0.29, 0.717) is 5.56 Å². The topological polar surface area (TPSA) is 78.9 Å². The number of hydrogen-bond donors (Lipinski definition) is 2. The van der Waals surface area contributed by atoms with Crippen LogP contribution in [0.25, 0.3) is 0 Å². The van der Waals surface area contributed by atoms with Crippen LogP contribution in [-0.2, 0) is 6.54 Å². The zero-order valence-electron chi connectivity index (χ0n) is 6.21. The summed E-state index contributed by atoms with van der Waals surface area (Å²) in [5.74, 6) is 0.0157. The van der Waals surface area contributed by atoms with Crippen molar-refractivity contribution >= 4 is 0 Å². The molecule has 0 radical (unpaired) electrons. The minimum atomic E-state index is -0.164. The zero-order chi connectivity index (χ0) is 8.97. The molecule has 0 aliphatic carbocycles. The van der Waals surface area contributed by atoms with Gasteiger partial charge < -0.3 is 15.5 Å². The Morgan fingerprint density at radius 3 is 2.67 bits per heavy atom. The van der Waals surface area contributed by atoms with Crippen LogP contribution in [0.2, 0.25) is 0 Å². The van der Waals surface area contributed by atoms with Gasteiger partial charge in [0.25, 0.3) is 0 Å². The van der Waals surface area contributed by atoms with E-state index in [9.17, 15) is 5.21 Å². The summed E-state index contributed by atoms with van der Waals surface area (Å²) in [6, 6.07) is 6.36. The van der Waals surface area contributed by atoms with E-state index in [2.05, 4.69) is 5.28 Å². The summed E-state index contributed by atoms with van der Waals surface area (Å²) in [6.07, 6.45) is 0. The molecule has 5 heteroatoms. The summed E-state index contributed by atoms with van der Waals surface area (Å²) in [5, 5.41) is 30.1. The predicted molar refractivity (Wildman–Crippen MR) is 39.7 cm³/mol. The van der Waals surface area contributed by atoms with Gasteiger partial charge in [-0.15, -0.1) is 0 Å². The average Bonchev–Trinajstić information content (AvgIpc) is 2.09. The molecule has 0 amide bonds. The highest BCUT2D eigenvalue weighted by Gasteiger charge is 2.04. The summed E-state index contributed by atoms with van der Waals surface area (Å²) < 4.78 is 0. The molecule has 0 aliphatic heterocycles. The summed E-state index contributed by atoms with van der Waals surface area (Å²) in [4.78, 5) is 0.0784. The number of phenolic OH excluding ortho intramolecular Hbond substituents is 1. The lowest BCUT2D eigenvalue weighted by atomic mass is 10.2. The fraction of sp³-hybridized carbons (Fsp3) is 0.143. The van der Waals surface area contributed by atoms with Crippen molar-refractivity contribution in [2.45, 2.75) is 6.54 Å². The van der Waals surface area contributed by atoms with Crippen LogP contribution in [0, 0.1) is 5.21 Å². The fourth-order valence-corrected chi connectivity index (χ4v) is 0.822. The molecule has 0 saturated carbocycles. The number of phenols is 1. The molecular formula is C7H8N2O3. The van der Waals surface area contributed by atoms with Gasteiger partial charge in [-0.2, -0.15) is 0 Å². The van der Waals surface area contributed by atoms with Crippen molar-refractivity contribution in [3.8, 4) is 5.75 Å². The average molecular weight is 168 g/mol. The van der Waals surface area contributed by atoms with Gasteiger partial charge in [-0.25, -0.2) is 0 Å². The Labute approximate surface area is 68.7 Å². The maximum atomic E-state index is 10.5. The van der Waals surface area contributed by atoms with E-state index in [0.717, 1.165) is 0 Å². The molecule has 64 valence electrons. The Bertz CT molecular complexity index is 298. The molecule has 0 aromatic heterocycles. The Balaban J connectivity index is 2.82. The van der Waals surface area contributed by atoms with Crippen molar-refractivity contribution in [1.82, 2.24) is 0 Å². The third-order valence-corrected chi connectivity index (χ3v) is 1.40. The van der Waals surface area contributed by atoms with Crippen molar-refractivity contribution < 1.29 is 15.2 Å². The molecule has 1 rings (SSSR count). The highest BCUT2D eigenvalue weighted by Crippen LogP contribution is 2.15. The largest absolute Gasteiger partial charge is 0.597 e. The van der Waals surface area contributed by atoms with Crippen LogP contribution in [0.1, 0.15) is 5.56 Å². The van der Waals surface area contributed by atoms with E-state index in [4.69, 9.17) is 10.3 Å². The van der Waals surface area contributed by atoms with Gasteiger partial charge in [-0.3, -0.25) is 0 Å². The van der Waals surface area contributed by atoms with E-state index >= 15 is 0 Å². The van der Waals surface area contributed by atoms with Crippen LogP contribution in [0.15, 0.2) is 29.5 Å². The lowest BCUT2D eigenvalue weighted by Crippen LogP contribution is -1.99. The molecular weight excluding hydrogens is 160 g/mol. The van der Waals surface area contributed by atoms with E-state index in [-0.39, 0.29) is 17.2 Å². The first-order valence-corrected chi connectivity index (χ1v) is 3.30. The van der Waals surface area contributed by atoms with Gasteiger partial charge in [0.1, 0.15) is 5.75 Å². The molecule has 1 aromatic carbocycles. The van der Waals surface area contributed by atoms with Crippen LogP contribution >= 0.6 is 0 Å². The van der Waals surface area contributed by atoms with Gasteiger partial charge in [0.2, 0.25) is 6.54 Å². The lowest BCUT2D eigenvalue weighted by molar-refractivity contribution is -0.570. The van der Waals surface area contributed by atoms with E-state index in [1.54, 1.807) is 18.2 Å². The van der Waals surface area contributed by atoms with Gasteiger partial charge in [-0.05, 0) is 12.1 Å². The first kappa shape index (κ1) is 8.32. The molecule has 1 aromatic rings. The van der Waals surface area contributed by atoms with Gasteiger partial charge in [0.05, 0.1) is 5.56 Å². The van der Waals surface area contributed by atoms with Crippen molar-refractivity contribution in [1.29, 1.82) is 0 Å². The highest BCUT2D eigenvalue weighted by atomic mass is 16.6. The number of aromatic hydroxyl groups is 1. The van der Waals surface area contributed by atoms with Crippen molar-refractivity contribution in [2.75, 3.05) is 0 Å². The third kappa shape index (κ3) is 1.85. The van der Waals surface area contributed by atoms with Crippen molar-refractivity contribution in [2.24, 2.45) is 5.28 Å². The minimum absolute atomic E-state index is 0.0157. The van der Waals surface area contributed by atoms with Crippen LogP contribution in [0.3, 0.4) is 0 Å². The first-order chi connectivity index (χ1) is 5.74. The monoisotopic (exact) mass is 168 g/mol. The number of nitrogens with zero attached hydrogens (tertiary/aromatic N) is 2. The summed E-state index contributed by atoms with van der Waals surface area (Å²) in [7, 11) is 0. The third-order valence-electron chi connectivity index (χ3n) is 1.40. The van der Waals surface area contributed by atoms with Crippen LogP contribution in [-0.4, -0.2) is 15.2 Å². The Morgan fingerprint density at radius 1 is 1.42 bits per heavy atom. The summed E-state index contributed by atoms with van der Waals surface area (Å²) in [5.41, 5.74) is 0.422. The molecule has 0 fully saturated rings. The second kappa shape index (κ2) is 3.56. The summed E-state index contributed by atoms with van der Waals surface area (Å²) >= 11 is 0. The second-order valence-electron chi connectivity index (χ2n) is 2.23. The SMILES string of the molecule is [O-]/[N+](Cc1ccccc1O)=N\O. The van der Waals surface area contributed by atoms with Crippen molar-refractivity contribution in [3.63, 3.8) is 0 Å².